The molecule has 2 saturated heterocycles. The number of rotatable bonds is 7. The summed E-state index contributed by atoms with van der Waals surface area (Å²) in [5.41, 5.74) is 0.770. The first kappa shape index (κ1) is 29.8. The standard InChI is InChI=1S/C31H28F4N6O2S/c1-17(32)30(42)41-11-10-40(15-19(41)14-36-2)29-23-12-24(33)22(20-7-4-8-21-26(34)28(35)44-27(20)21)13-25(23)37-31(38-29)43-16-18-6-5-9-39(18)3/h4,7-8,12-13,18-19H,1,5-6,9-11,14-16H2,3H3/t18-,19-/m0/s1. The van der Waals surface area contributed by atoms with Gasteiger partial charge in [-0.3, -0.25) is 4.79 Å². The molecule has 0 spiro atoms. The summed E-state index contributed by atoms with van der Waals surface area (Å²) >= 11 is 0.607. The fourth-order valence-electron chi connectivity index (χ4n) is 5.99. The lowest BCUT2D eigenvalue weighted by Crippen LogP contribution is -2.56. The van der Waals surface area contributed by atoms with Gasteiger partial charge >= 0.3 is 6.01 Å². The molecule has 0 radical (unpaired) electrons. The first-order valence-corrected chi connectivity index (χ1v) is 14.9. The molecule has 0 unspecified atom stereocenters. The predicted octanol–water partition coefficient (Wildman–Crippen LogP) is 5.82. The molecule has 13 heteroatoms. The smallest absolute Gasteiger partial charge is 0.319 e. The van der Waals surface area contributed by atoms with E-state index in [-0.39, 0.29) is 53.9 Å². The molecule has 2 aromatic heterocycles. The van der Waals surface area contributed by atoms with Crippen LogP contribution in [-0.2, 0) is 4.79 Å². The maximum absolute atomic E-state index is 15.9. The number of hydrogen-bond donors (Lipinski definition) is 0. The van der Waals surface area contributed by atoms with Crippen LogP contribution in [0.25, 0.3) is 37.0 Å². The van der Waals surface area contributed by atoms with Crippen LogP contribution >= 0.6 is 11.3 Å². The summed E-state index contributed by atoms with van der Waals surface area (Å²) in [4.78, 5) is 30.4. The van der Waals surface area contributed by atoms with Gasteiger partial charge in [-0.2, -0.15) is 14.4 Å². The summed E-state index contributed by atoms with van der Waals surface area (Å²) < 4.78 is 64.6. The molecule has 6 rings (SSSR count). The number of thiophene rings is 1. The quantitative estimate of drug-likeness (QED) is 0.147. The monoisotopic (exact) mass is 624 g/mol. The summed E-state index contributed by atoms with van der Waals surface area (Å²) in [7, 11) is 2.02. The van der Waals surface area contributed by atoms with Gasteiger partial charge in [-0.15, -0.1) is 11.3 Å². The number of anilines is 1. The SMILES string of the molecule is [C-]#[N+]C[C@H]1CN(c2nc(OC[C@@H]3CCCN3C)nc3cc(-c4cccc5c(F)c(F)sc45)c(F)cc23)CCN1C(=O)C(=C)F. The molecule has 0 saturated carbocycles. The summed E-state index contributed by atoms with van der Waals surface area (Å²) in [6.07, 6.45) is 2.00. The van der Waals surface area contributed by atoms with E-state index in [9.17, 15) is 18.0 Å². The number of nitrogens with zero attached hydrogens (tertiary/aromatic N) is 6. The molecule has 2 aromatic carbocycles. The Labute approximate surface area is 255 Å². The number of hydrogen-bond acceptors (Lipinski definition) is 7. The van der Waals surface area contributed by atoms with Crippen molar-refractivity contribution in [1.82, 2.24) is 19.8 Å². The lowest BCUT2D eigenvalue weighted by molar-refractivity contribution is -0.131. The first-order valence-electron chi connectivity index (χ1n) is 14.1. The van der Waals surface area contributed by atoms with Gasteiger partial charge in [-0.25, -0.2) is 19.7 Å². The van der Waals surface area contributed by atoms with Crippen molar-refractivity contribution in [2.45, 2.75) is 24.9 Å². The predicted molar refractivity (Wildman–Crippen MR) is 161 cm³/mol. The topological polar surface area (TPSA) is 66.2 Å². The van der Waals surface area contributed by atoms with E-state index in [1.807, 2.05) is 11.9 Å². The van der Waals surface area contributed by atoms with Crippen molar-refractivity contribution in [3.8, 4) is 17.1 Å². The fourth-order valence-corrected chi connectivity index (χ4v) is 6.92. The van der Waals surface area contributed by atoms with E-state index in [1.165, 1.54) is 23.1 Å². The fraction of sp³-hybridized carbons (Fsp3) is 0.355. The average molecular weight is 625 g/mol. The van der Waals surface area contributed by atoms with Gasteiger partial charge in [0.1, 0.15) is 24.3 Å². The van der Waals surface area contributed by atoms with E-state index in [2.05, 4.69) is 26.3 Å². The third-order valence-corrected chi connectivity index (χ3v) is 9.31. The Kier molecular flexibility index (Phi) is 8.13. The minimum Gasteiger partial charge on any atom is -0.462 e. The normalized spacial score (nSPS) is 19.1. The molecule has 2 atom stereocenters. The second-order valence-electron chi connectivity index (χ2n) is 11.0. The number of aromatic nitrogens is 2. The zero-order chi connectivity index (χ0) is 31.1. The molecule has 8 nitrogen and oxygen atoms in total. The van der Waals surface area contributed by atoms with Gasteiger partial charge in [-0.1, -0.05) is 24.8 Å². The Morgan fingerprint density at radius 2 is 1.95 bits per heavy atom. The van der Waals surface area contributed by atoms with E-state index in [0.717, 1.165) is 19.4 Å². The minimum atomic E-state index is -1.11. The number of likely N-dealkylation sites (N-methyl/N-ethyl adjacent to an activating group) is 1. The van der Waals surface area contributed by atoms with Crippen molar-refractivity contribution in [2.24, 2.45) is 0 Å². The van der Waals surface area contributed by atoms with Gasteiger partial charge in [0, 0.05) is 52.3 Å². The Balaban J connectivity index is 1.44. The maximum Gasteiger partial charge on any atom is 0.319 e. The summed E-state index contributed by atoms with van der Waals surface area (Å²) in [5.74, 6) is -3.27. The Hall–Kier alpha value is -4.28. The number of carbonyl (C=O) groups is 1. The molecule has 0 N–H and O–H groups in total. The van der Waals surface area contributed by atoms with E-state index in [1.54, 1.807) is 12.1 Å². The number of benzene rings is 2. The Bertz CT molecular complexity index is 1820. The molecule has 4 aromatic rings. The molecule has 4 heterocycles. The van der Waals surface area contributed by atoms with Gasteiger partial charge < -0.3 is 24.3 Å². The maximum atomic E-state index is 15.9. The molecule has 2 aliphatic heterocycles. The third kappa shape index (κ3) is 5.44. The average Bonchev–Trinajstić information content (AvgIpc) is 3.56. The second kappa shape index (κ2) is 12.0. The van der Waals surface area contributed by atoms with E-state index in [0.29, 0.717) is 40.2 Å². The molecule has 2 fully saturated rings. The van der Waals surface area contributed by atoms with Crippen LogP contribution in [0.2, 0.25) is 0 Å². The molecule has 228 valence electrons. The van der Waals surface area contributed by atoms with Gasteiger partial charge in [0.2, 0.25) is 11.7 Å². The van der Waals surface area contributed by atoms with Crippen LogP contribution in [0.15, 0.2) is 42.7 Å². The molecular formula is C31H28F4N6O2S. The largest absolute Gasteiger partial charge is 0.462 e. The molecule has 1 amide bonds. The molecule has 2 aliphatic rings. The molecule has 0 bridgehead atoms. The zero-order valence-corrected chi connectivity index (χ0v) is 24.6. The summed E-state index contributed by atoms with van der Waals surface area (Å²) in [6.45, 7) is 12.1. The Morgan fingerprint density at radius 3 is 2.68 bits per heavy atom. The van der Waals surface area contributed by atoms with Crippen LogP contribution in [0.3, 0.4) is 0 Å². The van der Waals surface area contributed by atoms with Gasteiger partial charge in [0.15, 0.2) is 11.6 Å². The van der Waals surface area contributed by atoms with Crippen molar-refractivity contribution in [3.63, 3.8) is 0 Å². The van der Waals surface area contributed by atoms with Gasteiger partial charge in [0.25, 0.3) is 5.91 Å². The van der Waals surface area contributed by atoms with Crippen LogP contribution in [0, 0.1) is 23.3 Å². The van der Waals surface area contributed by atoms with Gasteiger partial charge in [-0.05, 0) is 38.6 Å². The minimum absolute atomic E-state index is 0.0619. The van der Waals surface area contributed by atoms with E-state index in [4.69, 9.17) is 11.3 Å². The van der Waals surface area contributed by atoms with Crippen molar-refractivity contribution >= 4 is 44.1 Å². The van der Waals surface area contributed by atoms with Crippen LogP contribution in [-0.4, -0.2) is 84.1 Å². The van der Waals surface area contributed by atoms with Crippen molar-refractivity contribution in [3.05, 3.63) is 70.9 Å². The zero-order valence-electron chi connectivity index (χ0n) is 23.8. The lowest BCUT2D eigenvalue weighted by atomic mass is 10.0. The Morgan fingerprint density at radius 1 is 1.14 bits per heavy atom. The van der Waals surface area contributed by atoms with Gasteiger partial charge in [0.05, 0.1) is 5.52 Å². The second-order valence-corrected chi connectivity index (χ2v) is 12.0. The van der Waals surface area contributed by atoms with Crippen molar-refractivity contribution in [1.29, 1.82) is 0 Å². The highest BCUT2D eigenvalue weighted by Gasteiger charge is 2.35. The number of amides is 1. The van der Waals surface area contributed by atoms with Crippen LogP contribution in [0.1, 0.15) is 12.8 Å². The number of fused-ring (bicyclic) bond motifs is 2. The van der Waals surface area contributed by atoms with Crippen LogP contribution in [0.5, 0.6) is 6.01 Å². The lowest BCUT2D eigenvalue weighted by Gasteiger charge is -2.39. The number of piperazine rings is 1. The number of halogens is 4. The molecular weight excluding hydrogens is 596 g/mol. The van der Waals surface area contributed by atoms with E-state index >= 15 is 4.39 Å². The highest BCUT2D eigenvalue weighted by molar-refractivity contribution is 7.18. The number of ether oxygens (including phenoxy) is 1. The summed E-state index contributed by atoms with van der Waals surface area (Å²) in [5, 5.41) is -0.566. The third-order valence-electron chi connectivity index (χ3n) is 8.30. The first-order chi connectivity index (χ1) is 21.2. The van der Waals surface area contributed by atoms with E-state index < -0.39 is 34.5 Å². The summed E-state index contributed by atoms with van der Waals surface area (Å²) in [6, 6.07) is 6.95. The highest BCUT2D eigenvalue weighted by atomic mass is 32.1. The van der Waals surface area contributed by atoms with Crippen molar-refractivity contribution in [2.75, 3.05) is 51.3 Å². The molecule has 44 heavy (non-hydrogen) atoms. The van der Waals surface area contributed by atoms with Crippen LogP contribution < -0.4 is 9.64 Å². The number of carbonyl (C=O) groups excluding carboxylic acids is 1. The van der Waals surface area contributed by atoms with Crippen LogP contribution in [0.4, 0.5) is 23.4 Å². The molecule has 0 aliphatic carbocycles. The van der Waals surface area contributed by atoms with Crippen molar-refractivity contribution < 1.29 is 27.1 Å². The highest BCUT2D eigenvalue weighted by Crippen LogP contribution is 2.40. The number of likely N-dealkylation sites (tertiary alicyclic amines) is 1.